The number of aromatic nitrogens is 2. The Bertz CT molecular complexity index is 2940. The normalized spacial score (nSPS) is 14.3. The summed E-state index contributed by atoms with van der Waals surface area (Å²) >= 11 is 0. The predicted molar refractivity (Wildman–Crippen MR) is 206 cm³/mol. The summed E-state index contributed by atoms with van der Waals surface area (Å²) in [6, 6.07) is 43.1. The molecule has 10 aromatic rings. The standard InChI is InChI=1S/C46H32N2O2/c1-2-11-27(12-3-1)30-24-37(45-38(25-30)42-41(50-45)22-21-36-33-17-8-9-20-40(33)49-46(36)42)28-13-10-14-29(23-28)39-26-47-43-34-18-6-4-15-31(34)32-16-5-7-19-35(32)44(43)48-39/h4-10,13-27H,1-3,11-12H2. The topological polar surface area (TPSA) is 52.1 Å². The number of furan rings is 2. The van der Waals surface area contributed by atoms with Crippen LogP contribution in [0.25, 0.3) is 98.8 Å². The van der Waals surface area contributed by atoms with E-state index >= 15 is 0 Å². The van der Waals surface area contributed by atoms with Crippen LogP contribution >= 0.6 is 0 Å². The molecule has 0 spiro atoms. The molecule has 4 heteroatoms. The Labute approximate surface area is 288 Å². The molecule has 3 heterocycles. The lowest BCUT2D eigenvalue weighted by molar-refractivity contribution is 0.444. The Morgan fingerprint density at radius 1 is 0.500 bits per heavy atom. The van der Waals surface area contributed by atoms with Gasteiger partial charge in [-0.25, -0.2) is 4.98 Å². The summed E-state index contributed by atoms with van der Waals surface area (Å²) in [6.07, 6.45) is 8.23. The van der Waals surface area contributed by atoms with Gasteiger partial charge in [-0.1, -0.05) is 104 Å². The summed E-state index contributed by atoms with van der Waals surface area (Å²) in [5.74, 6) is 0.532. The molecule has 0 bridgehead atoms. The van der Waals surface area contributed by atoms with Crippen LogP contribution in [0.3, 0.4) is 0 Å². The van der Waals surface area contributed by atoms with Gasteiger partial charge in [0.1, 0.15) is 22.3 Å². The van der Waals surface area contributed by atoms with E-state index in [1.165, 1.54) is 48.4 Å². The number of hydrogen-bond acceptors (Lipinski definition) is 4. The van der Waals surface area contributed by atoms with Crippen LogP contribution in [0, 0.1) is 0 Å². The first-order chi connectivity index (χ1) is 24.8. The molecule has 7 aromatic carbocycles. The number of para-hydroxylation sites is 1. The van der Waals surface area contributed by atoms with Gasteiger partial charge in [-0.3, -0.25) is 4.98 Å². The van der Waals surface area contributed by atoms with Crippen LogP contribution in [0.1, 0.15) is 43.6 Å². The summed E-state index contributed by atoms with van der Waals surface area (Å²) in [4.78, 5) is 10.4. The van der Waals surface area contributed by atoms with Gasteiger partial charge in [-0.05, 0) is 77.1 Å². The first kappa shape index (κ1) is 27.9. The molecule has 1 saturated carbocycles. The third-order valence-electron chi connectivity index (χ3n) is 11.1. The number of benzene rings is 7. The van der Waals surface area contributed by atoms with Crippen LogP contribution in [0.2, 0.25) is 0 Å². The van der Waals surface area contributed by atoms with Crippen LogP contribution in [-0.4, -0.2) is 9.97 Å². The third-order valence-corrected chi connectivity index (χ3v) is 11.1. The zero-order chi connectivity index (χ0) is 32.8. The van der Waals surface area contributed by atoms with E-state index in [1.807, 2.05) is 12.3 Å². The van der Waals surface area contributed by atoms with E-state index < -0.39 is 0 Å². The average molecular weight is 645 g/mol. The lowest BCUT2D eigenvalue weighted by Crippen LogP contribution is -2.04. The Balaban J connectivity index is 1.14. The van der Waals surface area contributed by atoms with Crippen molar-refractivity contribution >= 4 is 76.5 Å². The molecule has 1 aliphatic carbocycles. The van der Waals surface area contributed by atoms with Crippen molar-refractivity contribution in [3.63, 3.8) is 0 Å². The summed E-state index contributed by atoms with van der Waals surface area (Å²) < 4.78 is 13.3. The predicted octanol–water partition coefficient (Wildman–Crippen LogP) is 13.1. The average Bonchev–Trinajstić information content (AvgIpc) is 3.76. The largest absolute Gasteiger partial charge is 0.455 e. The van der Waals surface area contributed by atoms with Crippen LogP contribution in [0.15, 0.2) is 136 Å². The molecule has 0 aliphatic heterocycles. The number of fused-ring (bicyclic) bond motifs is 13. The molecular weight excluding hydrogens is 613 g/mol. The van der Waals surface area contributed by atoms with Gasteiger partial charge in [0.05, 0.1) is 28.3 Å². The molecular formula is C46H32N2O2. The second-order valence-electron chi connectivity index (χ2n) is 13.9. The van der Waals surface area contributed by atoms with Crippen molar-refractivity contribution in [1.29, 1.82) is 0 Å². The van der Waals surface area contributed by atoms with Gasteiger partial charge < -0.3 is 8.83 Å². The fourth-order valence-electron chi connectivity index (χ4n) is 8.66. The number of hydrogen-bond donors (Lipinski definition) is 0. The van der Waals surface area contributed by atoms with Crippen molar-refractivity contribution in [3.05, 3.63) is 133 Å². The van der Waals surface area contributed by atoms with E-state index in [2.05, 4.69) is 115 Å². The zero-order valence-corrected chi connectivity index (χ0v) is 27.4. The first-order valence-corrected chi connectivity index (χ1v) is 17.8. The highest BCUT2D eigenvalue weighted by molar-refractivity contribution is 6.24. The lowest BCUT2D eigenvalue weighted by atomic mass is 9.82. The smallest absolute Gasteiger partial charge is 0.147 e. The molecule has 50 heavy (non-hydrogen) atoms. The highest BCUT2D eigenvalue weighted by Crippen LogP contribution is 2.45. The summed E-state index contributed by atoms with van der Waals surface area (Å²) in [5, 5.41) is 9.07. The molecule has 0 amide bonds. The van der Waals surface area contributed by atoms with Gasteiger partial charge in [0.15, 0.2) is 0 Å². The second kappa shape index (κ2) is 10.8. The van der Waals surface area contributed by atoms with E-state index in [-0.39, 0.29) is 0 Å². The van der Waals surface area contributed by atoms with Crippen molar-refractivity contribution in [3.8, 4) is 22.4 Å². The maximum atomic E-state index is 6.79. The molecule has 1 aliphatic rings. The Morgan fingerprint density at radius 2 is 1.20 bits per heavy atom. The van der Waals surface area contributed by atoms with Crippen molar-refractivity contribution in [2.24, 2.45) is 0 Å². The zero-order valence-electron chi connectivity index (χ0n) is 27.4. The van der Waals surface area contributed by atoms with E-state index in [4.69, 9.17) is 18.8 Å². The van der Waals surface area contributed by atoms with Gasteiger partial charge in [-0.15, -0.1) is 0 Å². The summed E-state index contributed by atoms with van der Waals surface area (Å²) in [6.45, 7) is 0. The van der Waals surface area contributed by atoms with Crippen LogP contribution < -0.4 is 0 Å². The Kier molecular flexibility index (Phi) is 6.00. The summed E-state index contributed by atoms with van der Waals surface area (Å²) in [5.41, 5.74) is 10.9. The molecule has 238 valence electrons. The third kappa shape index (κ3) is 4.11. The molecule has 0 atom stereocenters. The monoisotopic (exact) mass is 644 g/mol. The maximum Gasteiger partial charge on any atom is 0.147 e. The van der Waals surface area contributed by atoms with Gasteiger partial charge >= 0.3 is 0 Å². The van der Waals surface area contributed by atoms with E-state index in [0.717, 1.165) is 88.1 Å². The van der Waals surface area contributed by atoms with Crippen LogP contribution in [0.5, 0.6) is 0 Å². The van der Waals surface area contributed by atoms with Crippen molar-refractivity contribution in [1.82, 2.24) is 9.97 Å². The van der Waals surface area contributed by atoms with Gasteiger partial charge in [0.25, 0.3) is 0 Å². The minimum Gasteiger partial charge on any atom is -0.455 e. The van der Waals surface area contributed by atoms with Crippen molar-refractivity contribution in [2.45, 2.75) is 38.0 Å². The minimum atomic E-state index is 0.532. The van der Waals surface area contributed by atoms with E-state index in [0.29, 0.717) is 5.92 Å². The van der Waals surface area contributed by atoms with Crippen LogP contribution in [-0.2, 0) is 0 Å². The quantitative estimate of drug-likeness (QED) is 0.180. The Hall–Kier alpha value is -6.00. The molecule has 1 fully saturated rings. The highest BCUT2D eigenvalue weighted by atomic mass is 16.3. The molecule has 11 rings (SSSR count). The van der Waals surface area contributed by atoms with Gasteiger partial charge in [-0.2, -0.15) is 0 Å². The van der Waals surface area contributed by atoms with Gasteiger partial charge in [0, 0.05) is 38.1 Å². The molecule has 3 aromatic heterocycles. The molecule has 4 nitrogen and oxygen atoms in total. The minimum absolute atomic E-state index is 0.532. The van der Waals surface area contributed by atoms with Gasteiger partial charge in [0.2, 0.25) is 0 Å². The number of rotatable bonds is 3. The van der Waals surface area contributed by atoms with E-state index in [9.17, 15) is 0 Å². The lowest BCUT2D eigenvalue weighted by Gasteiger charge is -2.23. The maximum absolute atomic E-state index is 6.79. The van der Waals surface area contributed by atoms with Crippen molar-refractivity contribution < 1.29 is 8.83 Å². The van der Waals surface area contributed by atoms with E-state index in [1.54, 1.807) is 0 Å². The molecule has 0 radical (unpaired) electrons. The van der Waals surface area contributed by atoms with Crippen molar-refractivity contribution in [2.75, 3.05) is 0 Å². The molecule has 0 unspecified atom stereocenters. The Morgan fingerprint density at radius 3 is 2.02 bits per heavy atom. The fraction of sp³-hybridized carbons (Fsp3) is 0.130. The number of nitrogens with zero attached hydrogens (tertiary/aromatic N) is 2. The molecule has 0 N–H and O–H groups in total. The fourth-order valence-corrected chi connectivity index (χ4v) is 8.66. The highest BCUT2D eigenvalue weighted by Gasteiger charge is 2.23. The SMILES string of the molecule is c1cc(-c2cnc3c4ccccc4c4ccccc4c3n2)cc(-c2cc(C3CCCCC3)cc3c2oc2ccc4c5ccccc5oc4c23)c1. The molecule has 0 saturated heterocycles. The first-order valence-electron chi connectivity index (χ1n) is 17.8. The van der Waals surface area contributed by atoms with Crippen LogP contribution in [0.4, 0.5) is 0 Å². The second-order valence-corrected chi connectivity index (χ2v) is 13.9. The summed E-state index contributed by atoms with van der Waals surface area (Å²) in [7, 11) is 0.